The third-order valence-electron chi connectivity index (χ3n) is 12.3. The lowest BCUT2D eigenvalue weighted by atomic mass is 9.82. The van der Waals surface area contributed by atoms with Crippen LogP contribution in [0.5, 0.6) is 5.75 Å². The van der Waals surface area contributed by atoms with Gasteiger partial charge in [-0.25, -0.2) is 0 Å². The Kier molecular flexibility index (Phi) is 12.2. The lowest BCUT2D eigenvalue weighted by Gasteiger charge is -2.37. The van der Waals surface area contributed by atoms with Gasteiger partial charge in [-0.15, -0.1) is 0 Å². The Balaban J connectivity index is 1.34. The maximum absolute atomic E-state index is 15.4. The number of carbonyl (C=O) groups is 3. The van der Waals surface area contributed by atoms with Crippen LogP contribution in [0.1, 0.15) is 43.7 Å². The van der Waals surface area contributed by atoms with Crippen LogP contribution >= 0.6 is 0 Å². The van der Waals surface area contributed by atoms with Crippen LogP contribution in [-0.4, -0.2) is 85.7 Å². The van der Waals surface area contributed by atoms with Crippen LogP contribution in [0, 0.1) is 5.92 Å². The fraction of sp³-hybridized carbons (Fsp3) is 0.370. The molecule has 1 spiro atoms. The molecule has 308 valence electrons. The number of amides is 2. The summed E-state index contributed by atoms with van der Waals surface area (Å²) >= 11 is 0. The molecule has 0 aliphatic carbocycles. The molecule has 13 heteroatoms. The summed E-state index contributed by atoms with van der Waals surface area (Å²) in [6, 6.07) is 30.4. The van der Waals surface area contributed by atoms with Crippen LogP contribution in [0.2, 0.25) is 18.6 Å². The monoisotopic (exact) mass is 816 g/mol. The number of hydrogen-bond acceptors (Lipinski definition) is 9. The molecule has 1 saturated heterocycles. The van der Waals surface area contributed by atoms with Crippen molar-refractivity contribution in [2.45, 2.75) is 69.5 Å². The summed E-state index contributed by atoms with van der Waals surface area (Å²) in [4.78, 5) is 59.1. The largest absolute Gasteiger partial charge is 0.497 e. The minimum absolute atomic E-state index is 0.0106. The van der Waals surface area contributed by atoms with E-state index in [9.17, 15) is 19.5 Å². The molecule has 4 atom stereocenters. The van der Waals surface area contributed by atoms with Gasteiger partial charge in [0.1, 0.15) is 5.75 Å². The second-order valence-corrected chi connectivity index (χ2v) is 20.7. The number of fused-ring (bicyclic) bond motifs is 3. The Bertz CT molecular complexity index is 2390. The fourth-order valence-corrected chi connectivity index (χ4v) is 13.3. The van der Waals surface area contributed by atoms with E-state index in [-0.39, 0.29) is 54.9 Å². The van der Waals surface area contributed by atoms with E-state index in [4.69, 9.17) is 14.2 Å². The van der Waals surface area contributed by atoms with Crippen LogP contribution in [0.15, 0.2) is 108 Å². The Morgan fingerprint density at radius 2 is 1.68 bits per heavy atom. The van der Waals surface area contributed by atoms with E-state index in [2.05, 4.69) is 37.2 Å². The molecule has 0 bridgehead atoms. The van der Waals surface area contributed by atoms with Crippen LogP contribution in [0.25, 0.3) is 16.5 Å². The van der Waals surface area contributed by atoms with Gasteiger partial charge in [-0.05, 0) is 60.3 Å². The summed E-state index contributed by atoms with van der Waals surface area (Å²) in [6.07, 6.45) is 2.23. The van der Waals surface area contributed by atoms with Crippen molar-refractivity contribution in [1.82, 2.24) is 14.7 Å². The molecule has 1 aromatic heterocycles. The van der Waals surface area contributed by atoms with E-state index in [0.717, 1.165) is 21.9 Å². The quantitative estimate of drug-likeness (QED) is 0.0800. The molecule has 0 radical (unpaired) electrons. The number of hydrogen-bond donors (Lipinski definition) is 1. The molecule has 12 nitrogen and oxygen atoms in total. The van der Waals surface area contributed by atoms with Gasteiger partial charge in [0.2, 0.25) is 5.91 Å². The van der Waals surface area contributed by atoms with Crippen LogP contribution in [-0.2, 0) is 36.0 Å². The summed E-state index contributed by atoms with van der Waals surface area (Å²) in [5.74, 6) is -0.445. The molecule has 7 rings (SSSR count). The van der Waals surface area contributed by atoms with Crippen molar-refractivity contribution in [2.24, 2.45) is 5.92 Å². The molecule has 4 aromatic carbocycles. The Hall–Kier alpha value is -5.63. The number of ether oxygens (including phenoxy) is 3. The van der Waals surface area contributed by atoms with Gasteiger partial charge in [-0.1, -0.05) is 85.9 Å². The first kappa shape index (κ1) is 41.5. The second kappa shape index (κ2) is 17.3. The lowest BCUT2D eigenvalue weighted by Crippen LogP contribution is -2.52. The fourth-order valence-electron chi connectivity index (χ4n) is 9.29. The van der Waals surface area contributed by atoms with Crippen LogP contribution in [0.3, 0.4) is 0 Å². The number of aliphatic hydroxyl groups excluding tert-OH is 1. The maximum atomic E-state index is 15.4. The average Bonchev–Trinajstić information content (AvgIpc) is 3.68. The van der Waals surface area contributed by atoms with E-state index >= 15 is 4.79 Å². The van der Waals surface area contributed by atoms with Crippen molar-refractivity contribution >= 4 is 47.5 Å². The van der Waals surface area contributed by atoms with Gasteiger partial charge in [0.05, 0.1) is 64.4 Å². The smallest absolute Gasteiger partial charge is 0.305 e. The van der Waals surface area contributed by atoms with Crippen molar-refractivity contribution in [2.75, 3.05) is 38.8 Å². The molecular weight excluding hydrogens is 765 g/mol. The van der Waals surface area contributed by atoms with Crippen molar-refractivity contribution in [1.29, 1.82) is 0 Å². The van der Waals surface area contributed by atoms with Gasteiger partial charge in [0, 0.05) is 42.9 Å². The van der Waals surface area contributed by atoms with Gasteiger partial charge in [0.15, 0.2) is 5.60 Å². The van der Waals surface area contributed by atoms with Crippen molar-refractivity contribution in [3.63, 3.8) is 0 Å². The van der Waals surface area contributed by atoms with E-state index in [1.165, 1.54) is 11.8 Å². The summed E-state index contributed by atoms with van der Waals surface area (Å²) < 4.78 is 19.0. The average molecular weight is 817 g/mol. The number of aromatic nitrogens is 2. The number of anilines is 1. The van der Waals surface area contributed by atoms with Crippen LogP contribution < -0.4 is 20.4 Å². The Morgan fingerprint density at radius 1 is 0.949 bits per heavy atom. The predicted octanol–water partition coefficient (Wildman–Crippen LogP) is 5.71. The Morgan fingerprint density at radius 3 is 2.39 bits per heavy atom. The first-order chi connectivity index (χ1) is 28.4. The highest BCUT2D eigenvalue weighted by Gasteiger charge is 2.66. The third kappa shape index (κ3) is 7.82. The molecule has 0 unspecified atom stereocenters. The summed E-state index contributed by atoms with van der Waals surface area (Å²) in [6.45, 7) is 7.14. The Labute approximate surface area is 345 Å². The molecule has 3 heterocycles. The number of esters is 1. The zero-order chi connectivity index (χ0) is 41.9. The van der Waals surface area contributed by atoms with Gasteiger partial charge in [-0.3, -0.25) is 19.2 Å². The summed E-state index contributed by atoms with van der Waals surface area (Å²) in [5.41, 5.74) is 0.629. The van der Waals surface area contributed by atoms with Crippen molar-refractivity contribution < 1.29 is 33.7 Å². The highest BCUT2D eigenvalue weighted by Crippen LogP contribution is 2.60. The maximum Gasteiger partial charge on any atom is 0.305 e. The second-order valence-electron chi connectivity index (χ2n) is 16.0. The number of nitrogens with zero attached hydrogens (tertiary/aromatic N) is 4. The number of benzene rings is 4. The normalized spacial score (nSPS) is 19.9. The summed E-state index contributed by atoms with van der Waals surface area (Å²) in [5, 5.41) is 17.0. The highest BCUT2D eigenvalue weighted by molar-refractivity contribution is 6.91. The number of unbranched alkanes of at least 4 members (excludes halogenated alkanes) is 1. The molecule has 1 fully saturated rings. The number of aliphatic hydroxyl groups is 1. The van der Waals surface area contributed by atoms with E-state index < -0.39 is 25.7 Å². The minimum Gasteiger partial charge on any atom is -0.497 e. The van der Waals surface area contributed by atoms with E-state index in [1.54, 1.807) is 35.2 Å². The van der Waals surface area contributed by atoms with Gasteiger partial charge >= 0.3 is 5.97 Å². The highest BCUT2D eigenvalue weighted by atomic mass is 28.3. The van der Waals surface area contributed by atoms with E-state index in [1.807, 2.05) is 72.8 Å². The zero-order valence-electron chi connectivity index (χ0n) is 34.3. The first-order valence-corrected chi connectivity index (χ1v) is 23.3. The topological polar surface area (TPSA) is 140 Å². The minimum atomic E-state index is -2.62. The number of carbonyl (C=O) groups excluding carboxylic acids is 3. The van der Waals surface area contributed by atoms with Gasteiger partial charge in [0.25, 0.3) is 11.5 Å². The van der Waals surface area contributed by atoms with Gasteiger partial charge in [-0.2, -0.15) is 9.78 Å². The SMILES string of the molecule is COC(=O)CCCCN1C(=O)[C@]2(O[C@H](CC(=O)N(CCO)Cc3ccccc3)[C@@H]([Si](C)(C)c3ccc(OC)cc3)[C@@H]2C)c2cc(-n3ncc4ccccc4c3=O)ccc21. The first-order valence-electron chi connectivity index (χ1n) is 20.2. The summed E-state index contributed by atoms with van der Waals surface area (Å²) in [7, 11) is 0.363. The van der Waals surface area contributed by atoms with Crippen molar-refractivity contribution in [3.8, 4) is 11.4 Å². The predicted molar refractivity (Wildman–Crippen MR) is 229 cm³/mol. The molecule has 5 aromatic rings. The molecule has 2 aliphatic rings. The van der Waals surface area contributed by atoms with Crippen molar-refractivity contribution in [3.05, 3.63) is 125 Å². The standard InChI is InChI=1S/C46H52N4O8Si/c1-31-43(59(4,5)36-21-19-35(56-2)20-22-36)40(28-41(52)48(25-26-51)30-32-13-7-6-8-14-32)58-46(31)38-27-34(50-44(54)37-16-10-9-15-33(37)29-47-50)18-23-39(38)49(45(46)55)24-12-11-17-42(53)57-3/h6-10,13-16,18-23,27,29,31,40,43,51H,11-12,17,24-26,28,30H2,1-5H3/t31-,40+,43-,46+/m0/s1. The third-order valence-corrected chi connectivity index (χ3v) is 16.7. The lowest BCUT2D eigenvalue weighted by molar-refractivity contribution is -0.149. The van der Waals surface area contributed by atoms with Crippen LogP contribution in [0.4, 0.5) is 5.69 Å². The number of methoxy groups -OCH3 is 2. The molecular formula is C46H52N4O8Si. The molecule has 59 heavy (non-hydrogen) atoms. The molecule has 2 amide bonds. The molecule has 0 saturated carbocycles. The van der Waals surface area contributed by atoms with Gasteiger partial charge < -0.3 is 29.1 Å². The van der Waals surface area contributed by atoms with E-state index in [0.29, 0.717) is 48.3 Å². The number of rotatable bonds is 15. The molecule has 1 N–H and O–H groups in total. The molecule has 2 aliphatic heterocycles. The zero-order valence-corrected chi connectivity index (χ0v) is 35.3.